The first-order chi connectivity index (χ1) is 10.2. The lowest BCUT2D eigenvalue weighted by molar-refractivity contribution is -0.118. The first kappa shape index (κ1) is 14.8. The van der Waals surface area contributed by atoms with Gasteiger partial charge in [-0.05, 0) is 31.2 Å². The highest BCUT2D eigenvalue weighted by Crippen LogP contribution is 2.25. The Kier molecular flexibility index (Phi) is 5.15. The smallest absolute Gasteiger partial charge is 0.262 e. The van der Waals surface area contributed by atoms with Crippen LogP contribution >= 0.6 is 0 Å². The van der Waals surface area contributed by atoms with Gasteiger partial charge < -0.3 is 14.8 Å². The van der Waals surface area contributed by atoms with E-state index in [2.05, 4.69) is 5.32 Å². The molecule has 0 spiro atoms. The van der Waals surface area contributed by atoms with Gasteiger partial charge in [-0.3, -0.25) is 4.79 Å². The molecule has 1 amide bonds. The SMILES string of the molecule is CCOc1cc(F)ccc1NC(=O)COc1ccccc1. The van der Waals surface area contributed by atoms with E-state index in [1.165, 1.54) is 18.2 Å². The van der Waals surface area contributed by atoms with Gasteiger partial charge in [0.1, 0.15) is 17.3 Å². The molecule has 1 N–H and O–H groups in total. The molecule has 2 aromatic rings. The van der Waals surface area contributed by atoms with Gasteiger partial charge in [-0.2, -0.15) is 0 Å². The molecule has 0 aliphatic rings. The largest absolute Gasteiger partial charge is 0.492 e. The van der Waals surface area contributed by atoms with Crippen LogP contribution in [0.5, 0.6) is 11.5 Å². The van der Waals surface area contributed by atoms with E-state index < -0.39 is 5.82 Å². The molecule has 0 saturated heterocycles. The summed E-state index contributed by atoms with van der Waals surface area (Å²) in [5.74, 6) is 0.144. The van der Waals surface area contributed by atoms with Crippen LogP contribution in [0.25, 0.3) is 0 Å². The molecule has 5 heteroatoms. The third kappa shape index (κ3) is 4.49. The van der Waals surface area contributed by atoms with E-state index in [1.54, 1.807) is 19.1 Å². The highest BCUT2D eigenvalue weighted by Gasteiger charge is 2.09. The molecule has 0 heterocycles. The van der Waals surface area contributed by atoms with Crippen LogP contribution in [0.2, 0.25) is 0 Å². The summed E-state index contributed by atoms with van der Waals surface area (Å²) in [4.78, 5) is 11.8. The standard InChI is InChI=1S/C16H16FNO3/c1-2-20-15-10-12(17)8-9-14(15)18-16(19)11-21-13-6-4-3-5-7-13/h3-10H,2,11H2,1H3,(H,18,19). The molecule has 2 aromatic carbocycles. The summed E-state index contributed by atoms with van der Waals surface area (Å²) in [5.41, 5.74) is 0.417. The van der Waals surface area contributed by atoms with Crippen LogP contribution in [-0.2, 0) is 4.79 Å². The summed E-state index contributed by atoms with van der Waals surface area (Å²) < 4.78 is 23.8. The van der Waals surface area contributed by atoms with E-state index in [1.807, 2.05) is 18.2 Å². The Morgan fingerprint density at radius 2 is 1.90 bits per heavy atom. The summed E-state index contributed by atoms with van der Waals surface area (Å²) in [6, 6.07) is 13.0. The number of carbonyl (C=O) groups is 1. The average molecular weight is 289 g/mol. The topological polar surface area (TPSA) is 47.6 Å². The fourth-order valence-electron chi connectivity index (χ4n) is 1.73. The van der Waals surface area contributed by atoms with Crippen LogP contribution in [0.3, 0.4) is 0 Å². The number of carbonyl (C=O) groups excluding carboxylic acids is 1. The number of ether oxygens (including phenoxy) is 2. The van der Waals surface area contributed by atoms with Crippen molar-refractivity contribution in [1.82, 2.24) is 0 Å². The van der Waals surface area contributed by atoms with Gasteiger partial charge in [0.15, 0.2) is 6.61 Å². The molecule has 2 rings (SSSR count). The predicted octanol–water partition coefficient (Wildman–Crippen LogP) is 3.24. The van der Waals surface area contributed by atoms with Crippen molar-refractivity contribution >= 4 is 11.6 Å². The van der Waals surface area contributed by atoms with E-state index in [4.69, 9.17) is 9.47 Å². The van der Waals surface area contributed by atoms with E-state index in [-0.39, 0.29) is 12.5 Å². The lowest BCUT2D eigenvalue weighted by Crippen LogP contribution is -2.20. The van der Waals surface area contributed by atoms with Crippen LogP contribution < -0.4 is 14.8 Å². The maximum absolute atomic E-state index is 13.2. The van der Waals surface area contributed by atoms with Crippen LogP contribution in [0.1, 0.15) is 6.92 Å². The number of hydrogen-bond acceptors (Lipinski definition) is 3. The van der Waals surface area contributed by atoms with E-state index in [0.29, 0.717) is 23.8 Å². The number of hydrogen-bond donors (Lipinski definition) is 1. The Bertz CT molecular complexity index is 602. The minimum absolute atomic E-state index is 0.132. The second-order valence-electron chi connectivity index (χ2n) is 4.22. The Morgan fingerprint density at radius 1 is 1.14 bits per heavy atom. The molecule has 0 fully saturated rings. The van der Waals surface area contributed by atoms with Gasteiger partial charge in [0.2, 0.25) is 0 Å². The van der Waals surface area contributed by atoms with Crippen molar-refractivity contribution in [3.63, 3.8) is 0 Å². The van der Waals surface area contributed by atoms with Crippen molar-refractivity contribution in [2.75, 3.05) is 18.5 Å². The molecular formula is C16H16FNO3. The second-order valence-corrected chi connectivity index (χ2v) is 4.22. The van der Waals surface area contributed by atoms with Gasteiger partial charge in [0.25, 0.3) is 5.91 Å². The van der Waals surface area contributed by atoms with Gasteiger partial charge in [-0.15, -0.1) is 0 Å². The summed E-state index contributed by atoms with van der Waals surface area (Å²) in [6.07, 6.45) is 0. The van der Waals surface area contributed by atoms with Crippen molar-refractivity contribution in [3.05, 3.63) is 54.3 Å². The van der Waals surface area contributed by atoms with E-state index in [0.717, 1.165) is 0 Å². The third-order valence-electron chi connectivity index (χ3n) is 2.63. The summed E-state index contributed by atoms with van der Waals surface area (Å²) in [5, 5.41) is 2.64. The number of halogens is 1. The van der Waals surface area contributed by atoms with Crippen molar-refractivity contribution in [3.8, 4) is 11.5 Å². The number of rotatable bonds is 6. The minimum Gasteiger partial charge on any atom is -0.492 e. The normalized spacial score (nSPS) is 10.0. The van der Waals surface area contributed by atoms with Crippen molar-refractivity contribution in [2.24, 2.45) is 0 Å². The summed E-state index contributed by atoms with van der Waals surface area (Å²) in [6.45, 7) is 2.04. The van der Waals surface area contributed by atoms with Crippen LogP contribution in [0.4, 0.5) is 10.1 Å². The Labute approximate surface area is 122 Å². The second kappa shape index (κ2) is 7.28. The molecule has 0 radical (unpaired) electrons. The highest BCUT2D eigenvalue weighted by molar-refractivity contribution is 5.93. The summed E-state index contributed by atoms with van der Waals surface area (Å²) in [7, 11) is 0. The quantitative estimate of drug-likeness (QED) is 0.888. The lowest BCUT2D eigenvalue weighted by Gasteiger charge is -2.12. The molecule has 4 nitrogen and oxygen atoms in total. The minimum atomic E-state index is -0.419. The van der Waals surface area contributed by atoms with Gasteiger partial charge in [0, 0.05) is 6.07 Å². The van der Waals surface area contributed by atoms with Crippen molar-refractivity contribution in [2.45, 2.75) is 6.92 Å². The molecule has 0 aromatic heterocycles. The third-order valence-corrected chi connectivity index (χ3v) is 2.63. The first-order valence-corrected chi connectivity index (χ1v) is 6.59. The zero-order valence-electron chi connectivity index (χ0n) is 11.6. The van der Waals surface area contributed by atoms with Gasteiger partial charge in [0.05, 0.1) is 12.3 Å². The number of amides is 1. The molecule has 0 bridgehead atoms. The Balaban J connectivity index is 1.96. The average Bonchev–Trinajstić information content (AvgIpc) is 2.49. The van der Waals surface area contributed by atoms with Gasteiger partial charge in [-0.25, -0.2) is 4.39 Å². The summed E-state index contributed by atoms with van der Waals surface area (Å²) >= 11 is 0. The molecular weight excluding hydrogens is 273 g/mol. The van der Waals surface area contributed by atoms with Crippen LogP contribution in [-0.4, -0.2) is 19.1 Å². The highest BCUT2D eigenvalue weighted by atomic mass is 19.1. The number of benzene rings is 2. The molecule has 110 valence electrons. The number of anilines is 1. The molecule has 0 aliphatic carbocycles. The Morgan fingerprint density at radius 3 is 2.62 bits per heavy atom. The van der Waals surface area contributed by atoms with Gasteiger partial charge >= 0.3 is 0 Å². The zero-order valence-corrected chi connectivity index (χ0v) is 11.6. The fourth-order valence-corrected chi connectivity index (χ4v) is 1.73. The monoisotopic (exact) mass is 289 g/mol. The molecule has 0 aliphatic heterocycles. The van der Waals surface area contributed by atoms with Crippen LogP contribution in [0, 0.1) is 5.82 Å². The maximum Gasteiger partial charge on any atom is 0.262 e. The molecule has 0 atom stereocenters. The van der Waals surface area contributed by atoms with Crippen molar-refractivity contribution in [1.29, 1.82) is 0 Å². The first-order valence-electron chi connectivity index (χ1n) is 6.59. The lowest BCUT2D eigenvalue weighted by atomic mass is 10.3. The van der Waals surface area contributed by atoms with Crippen LogP contribution in [0.15, 0.2) is 48.5 Å². The molecule has 0 saturated carbocycles. The Hall–Kier alpha value is -2.56. The molecule has 0 unspecified atom stereocenters. The van der Waals surface area contributed by atoms with E-state index in [9.17, 15) is 9.18 Å². The van der Waals surface area contributed by atoms with E-state index >= 15 is 0 Å². The molecule has 21 heavy (non-hydrogen) atoms. The van der Waals surface area contributed by atoms with Crippen molar-refractivity contribution < 1.29 is 18.7 Å². The fraction of sp³-hybridized carbons (Fsp3) is 0.188. The maximum atomic E-state index is 13.2. The van der Waals surface area contributed by atoms with Gasteiger partial charge in [-0.1, -0.05) is 18.2 Å². The number of para-hydroxylation sites is 1. The number of nitrogens with one attached hydrogen (secondary N) is 1. The predicted molar refractivity (Wildman–Crippen MR) is 78.1 cm³/mol. The zero-order chi connectivity index (χ0) is 15.1.